The molecule has 0 saturated carbocycles. The van der Waals surface area contributed by atoms with Crippen molar-refractivity contribution in [3.8, 4) is 0 Å². The van der Waals surface area contributed by atoms with Crippen LogP contribution in [0.15, 0.2) is 0 Å². The lowest BCUT2D eigenvalue weighted by Gasteiger charge is -2.35. The van der Waals surface area contributed by atoms with Gasteiger partial charge in [0.25, 0.3) is 0 Å². The van der Waals surface area contributed by atoms with Crippen molar-refractivity contribution < 1.29 is 14.6 Å². The van der Waals surface area contributed by atoms with E-state index in [0.717, 1.165) is 51.4 Å². The van der Waals surface area contributed by atoms with Crippen LogP contribution >= 0.6 is 0 Å². The first-order chi connectivity index (χ1) is 7.27. The minimum atomic E-state index is -0.708. The van der Waals surface area contributed by atoms with Crippen molar-refractivity contribution in [2.45, 2.75) is 31.7 Å². The third-order valence-electron chi connectivity index (χ3n) is 3.68. The van der Waals surface area contributed by atoms with Crippen molar-refractivity contribution in [2.75, 3.05) is 19.8 Å². The van der Waals surface area contributed by atoms with E-state index >= 15 is 0 Å². The zero-order chi connectivity index (χ0) is 10.7. The van der Waals surface area contributed by atoms with Crippen molar-refractivity contribution in [2.24, 2.45) is 11.8 Å². The second-order valence-electron chi connectivity index (χ2n) is 4.59. The SMILES string of the molecule is O=C(O)C1CCC(C2CCOCC2)CN1. The third kappa shape index (κ3) is 2.69. The molecular formula is C11H19NO3. The van der Waals surface area contributed by atoms with Crippen molar-refractivity contribution >= 4 is 5.97 Å². The molecule has 0 amide bonds. The summed E-state index contributed by atoms with van der Waals surface area (Å²) in [6.45, 7) is 2.62. The summed E-state index contributed by atoms with van der Waals surface area (Å²) in [6, 6.07) is -0.318. The Labute approximate surface area is 90.0 Å². The number of rotatable bonds is 2. The number of ether oxygens (including phenoxy) is 1. The zero-order valence-electron chi connectivity index (χ0n) is 8.95. The molecular weight excluding hydrogens is 194 g/mol. The van der Waals surface area contributed by atoms with Gasteiger partial charge in [0, 0.05) is 13.2 Å². The number of carboxylic acid groups (broad SMARTS) is 1. The van der Waals surface area contributed by atoms with Gasteiger partial charge in [-0.05, 0) is 44.1 Å². The average Bonchev–Trinajstić information content (AvgIpc) is 2.30. The van der Waals surface area contributed by atoms with Gasteiger partial charge in [-0.15, -0.1) is 0 Å². The Balaban J connectivity index is 1.79. The van der Waals surface area contributed by atoms with Gasteiger partial charge < -0.3 is 15.2 Å². The Morgan fingerprint density at radius 2 is 1.87 bits per heavy atom. The highest BCUT2D eigenvalue weighted by atomic mass is 16.5. The summed E-state index contributed by atoms with van der Waals surface area (Å²) >= 11 is 0. The normalized spacial score (nSPS) is 33.9. The Morgan fingerprint density at radius 3 is 2.40 bits per heavy atom. The van der Waals surface area contributed by atoms with Crippen LogP contribution in [0.1, 0.15) is 25.7 Å². The van der Waals surface area contributed by atoms with Gasteiger partial charge in [-0.1, -0.05) is 0 Å². The second-order valence-corrected chi connectivity index (χ2v) is 4.59. The molecule has 4 heteroatoms. The van der Waals surface area contributed by atoms with Crippen molar-refractivity contribution in [1.29, 1.82) is 0 Å². The van der Waals surface area contributed by atoms with Crippen LogP contribution in [0.3, 0.4) is 0 Å². The number of hydrogen-bond acceptors (Lipinski definition) is 3. The molecule has 0 radical (unpaired) electrons. The molecule has 0 aliphatic carbocycles. The number of aliphatic carboxylic acids is 1. The molecule has 15 heavy (non-hydrogen) atoms. The van der Waals surface area contributed by atoms with Gasteiger partial charge in [-0.25, -0.2) is 0 Å². The van der Waals surface area contributed by atoms with E-state index in [-0.39, 0.29) is 6.04 Å². The maximum atomic E-state index is 10.8. The van der Waals surface area contributed by atoms with E-state index in [0.29, 0.717) is 5.92 Å². The minimum Gasteiger partial charge on any atom is -0.480 e. The molecule has 2 heterocycles. The topological polar surface area (TPSA) is 58.6 Å². The predicted octanol–water partition coefficient (Wildman–Crippen LogP) is 0.866. The molecule has 4 nitrogen and oxygen atoms in total. The first kappa shape index (κ1) is 10.9. The van der Waals surface area contributed by atoms with E-state index in [9.17, 15) is 4.79 Å². The molecule has 0 spiro atoms. The Morgan fingerprint density at radius 1 is 1.13 bits per heavy atom. The maximum absolute atomic E-state index is 10.8. The molecule has 0 aromatic rings. The molecule has 2 atom stereocenters. The molecule has 2 N–H and O–H groups in total. The highest BCUT2D eigenvalue weighted by Crippen LogP contribution is 2.29. The predicted molar refractivity (Wildman–Crippen MR) is 55.7 cm³/mol. The molecule has 0 bridgehead atoms. The van der Waals surface area contributed by atoms with E-state index in [1.807, 2.05) is 0 Å². The van der Waals surface area contributed by atoms with Crippen molar-refractivity contribution in [3.05, 3.63) is 0 Å². The van der Waals surface area contributed by atoms with Crippen LogP contribution in [-0.4, -0.2) is 36.9 Å². The van der Waals surface area contributed by atoms with E-state index in [1.165, 1.54) is 0 Å². The summed E-state index contributed by atoms with van der Waals surface area (Å²) in [7, 11) is 0. The molecule has 0 aromatic heterocycles. The van der Waals surface area contributed by atoms with Crippen LogP contribution in [0.4, 0.5) is 0 Å². The largest absolute Gasteiger partial charge is 0.480 e. The summed E-state index contributed by atoms with van der Waals surface area (Å²) in [5.74, 6) is 0.686. The average molecular weight is 213 g/mol. The second kappa shape index (κ2) is 4.94. The lowest BCUT2D eigenvalue weighted by atomic mass is 9.80. The standard InChI is InChI=1S/C11H19NO3/c13-11(14)10-2-1-9(7-12-10)8-3-5-15-6-4-8/h8-10,12H,1-7H2,(H,13,14). The molecule has 2 rings (SSSR count). The number of nitrogens with one attached hydrogen (secondary N) is 1. The van der Waals surface area contributed by atoms with E-state index in [2.05, 4.69) is 5.32 Å². The fourth-order valence-electron chi connectivity index (χ4n) is 2.68. The lowest BCUT2D eigenvalue weighted by Crippen LogP contribution is -2.46. The van der Waals surface area contributed by atoms with Gasteiger partial charge in [0.05, 0.1) is 0 Å². The number of carboxylic acids is 1. The lowest BCUT2D eigenvalue weighted by molar-refractivity contribution is -0.140. The van der Waals surface area contributed by atoms with Crippen LogP contribution in [0.25, 0.3) is 0 Å². The van der Waals surface area contributed by atoms with E-state index < -0.39 is 5.97 Å². The Bertz CT molecular complexity index is 218. The van der Waals surface area contributed by atoms with Crippen LogP contribution in [0.5, 0.6) is 0 Å². The quantitative estimate of drug-likeness (QED) is 0.714. The molecule has 2 fully saturated rings. The number of piperidine rings is 1. The fourth-order valence-corrected chi connectivity index (χ4v) is 2.68. The summed E-state index contributed by atoms with van der Waals surface area (Å²) in [6.07, 6.45) is 4.11. The highest BCUT2D eigenvalue weighted by Gasteiger charge is 2.30. The van der Waals surface area contributed by atoms with Crippen molar-refractivity contribution in [1.82, 2.24) is 5.32 Å². The van der Waals surface area contributed by atoms with Gasteiger partial charge in [0.2, 0.25) is 0 Å². The molecule has 2 aliphatic rings. The molecule has 2 unspecified atom stereocenters. The smallest absolute Gasteiger partial charge is 0.320 e. The number of hydrogen-bond donors (Lipinski definition) is 2. The van der Waals surface area contributed by atoms with Crippen molar-refractivity contribution in [3.63, 3.8) is 0 Å². The van der Waals surface area contributed by atoms with Crippen LogP contribution in [0.2, 0.25) is 0 Å². The summed E-state index contributed by atoms with van der Waals surface area (Å²) in [5.41, 5.74) is 0. The first-order valence-corrected chi connectivity index (χ1v) is 5.81. The van der Waals surface area contributed by atoms with Crippen LogP contribution in [0, 0.1) is 11.8 Å². The summed E-state index contributed by atoms with van der Waals surface area (Å²) in [5, 5.41) is 12.0. The Hall–Kier alpha value is -0.610. The van der Waals surface area contributed by atoms with E-state index in [4.69, 9.17) is 9.84 Å². The maximum Gasteiger partial charge on any atom is 0.320 e. The van der Waals surface area contributed by atoms with Crippen LogP contribution < -0.4 is 5.32 Å². The Kier molecular flexibility index (Phi) is 3.59. The molecule has 0 aromatic carbocycles. The van der Waals surface area contributed by atoms with Gasteiger partial charge in [0.15, 0.2) is 0 Å². The first-order valence-electron chi connectivity index (χ1n) is 5.81. The monoisotopic (exact) mass is 213 g/mol. The van der Waals surface area contributed by atoms with Gasteiger partial charge in [-0.3, -0.25) is 4.79 Å². The third-order valence-corrected chi connectivity index (χ3v) is 3.68. The zero-order valence-corrected chi connectivity index (χ0v) is 8.95. The van der Waals surface area contributed by atoms with Crippen LogP contribution in [-0.2, 0) is 9.53 Å². The summed E-state index contributed by atoms with van der Waals surface area (Å²) in [4.78, 5) is 10.8. The van der Waals surface area contributed by atoms with Gasteiger partial charge in [0.1, 0.15) is 6.04 Å². The van der Waals surface area contributed by atoms with E-state index in [1.54, 1.807) is 0 Å². The highest BCUT2D eigenvalue weighted by molar-refractivity contribution is 5.73. The van der Waals surface area contributed by atoms with Gasteiger partial charge in [-0.2, -0.15) is 0 Å². The molecule has 86 valence electrons. The minimum absolute atomic E-state index is 0.318. The van der Waals surface area contributed by atoms with Gasteiger partial charge >= 0.3 is 5.97 Å². The fraction of sp³-hybridized carbons (Fsp3) is 0.909. The number of carbonyl (C=O) groups is 1. The summed E-state index contributed by atoms with van der Waals surface area (Å²) < 4.78 is 5.34. The molecule has 2 aliphatic heterocycles. The molecule has 2 saturated heterocycles.